The van der Waals surface area contributed by atoms with Crippen LogP contribution >= 0.6 is 11.8 Å². The Morgan fingerprint density at radius 1 is 0.875 bits per heavy atom. The van der Waals surface area contributed by atoms with Gasteiger partial charge in [0.25, 0.3) is 5.91 Å². The zero-order valence-corrected chi connectivity index (χ0v) is 13.7. The second-order valence-corrected chi connectivity index (χ2v) is 6.25. The fraction of sp³-hybridized carbons (Fsp3) is 0.0500. The summed E-state index contributed by atoms with van der Waals surface area (Å²) in [5.74, 6) is 0.303. The molecule has 0 bridgehead atoms. The number of benzene rings is 3. The molecule has 0 heterocycles. The van der Waals surface area contributed by atoms with Gasteiger partial charge in [0.15, 0.2) is 0 Å². The van der Waals surface area contributed by atoms with Crippen LogP contribution in [0.1, 0.15) is 15.9 Å². The van der Waals surface area contributed by atoms with Crippen LogP contribution in [0.4, 0.5) is 10.1 Å². The topological polar surface area (TPSA) is 29.1 Å². The van der Waals surface area contributed by atoms with E-state index in [1.165, 1.54) is 17.8 Å². The molecule has 0 saturated heterocycles. The van der Waals surface area contributed by atoms with E-state index in [0.29, 0.717) is 16.2 Å². The first-order chi connectivity index (χ1) is 11.7. The lowest BCUT2D eigenvalue weighted by molar-refractivity contribution is 0.102. The average Bonchev–Trinajstić information content (AvgIpc) is 2.62. The van der Waals surface area contributed by atoms with Crippen molar-refractivity contribution in [2.45, 2.75) is 10.6 Å². The van der Waals surface area contributed by atoms with E-state index in [2.05, 4.69) is 5.32 Å². The van der Waals surface area contributed by atoms with Gasteiger partial charge in [-0.3, -0.25) is 4.79 Å². The first kappa shape index (κ1) is 16.3. The summed E-state index contributed by atoms with van der Waals surface area (Å²) in [5.41, 5.74) is 2.40. The van der Waals surface area contributed by atoms with E-state index in [-0.39, 0.29) is 11.7 Å². The van der Waals surface area contributed by atoms with Gasteiger partial charge in [-0.05, 0) is 42.0 Å². The molecule has 0 saturated carbocycles. The third-order valence-electron chi connectivity index (χ3n) is 3.48. The van der Waals surface area contributed by atoms with Crippen molar-refractivity contribution >= 4 is 23.4 Å². The van der Waals surface area contributed by atoms with Crippen molar-refractivity contribution < 1.29 is 9.18 Å². The molecule has 0 unspecified atom stereocenters. The molecule has 0 radical (unpaired) electrons. The summed E-state index contributed by atoms with van der Waals surface area (Å²) in [6.07, 6.45) is 0. The molecule has 3 aromatic carbocycles. The summed E-state index contributed by atoms with van der Waals surface area (Å²) >= 11 is 1.44. The summed E-state index contributed by atoms with van der Waals surface area (Å²) in [5, 5.41) is 2.85. The number of thioether (sulfide) groups is 1. The van der Waals surface area contributed by atoms with Crippen molar-refractivity contribution in [2.24, 2.45) is 0 Å². The lowest BCUT2D eigenvalue weighted by atomic mass is 10.1. The highest BCUT2D eigenvalue weighted by Crippen LogP contribution is 2.25. The van der Waals surface area contributed by atoms with Crippen molar-refractivity contribution in [3.63, 3.8) is 0 Å². The van der Waals surface area contributed by atoms with Crippen molar-refractivity contribution in [2.75, 3.05) is 5.32 Å². The quantitative estimate of drug-likeness (QED) is 0.634. The predicted molar refractivity (Wildman–Crippen MR) is 96.8 cm³/mol. The van der Waals surface area contributed by atoms with Crippen molar-refractivity contribution in [1.82, 2.24) is 0 Å². The van der Waals surface area contributed by atoms with Gasteiger partial charge < -0.3 is 5.32 Å². The summed E-state index contributed by atoms with van der Waals surface area (Å²) in [7, 11) is 0. The standard InChI is InChI=1S/C20H16FNOS/c21-18-8-4-5-9-19(18)24-14-15-10-12-16(13-11-15)20(23)22-17-6-2-1-3-7-17/h1-13H,14H2,(H,22,23). The van der Waals surface area contributed by atoms with E-state index in [9.17, 15) is 9.18 Å². The second-order valence-electron chi connectivity index (χ2n) is 5.24. The molecule has 0 spiro atoms. The molecule has 3 aromatic rings. The van der Waals surface area contributed by atoms with E-state index in [1.807, 2.05) is 48.5 Å². The maximum atomic E-state index is 13.6. The van der Waals surface area contributed by atoms with Crippen LogP contribution in [0.3, 0.4) is 0 Å². The van der Waals surface area contributed by atoms with E-state index in [1.54, 1.807) is 24.3 Å². The highest BCUT2D eigenvalue weighted by molar-refractivity contribution is 7.98. The minimum atomic E-state index is -0.207. The van der Waals surface area contributed by atoms with E-state index in [0.717, 1.165) is 11.3 Å². The highest BCUT2D eigenvalue weighted by Gasteiger charge is 2.06. The Kier molecular flexibility index (Phi) is 5.29. The van der Waals surface area contributed by atoms with Gasteiger partial charge in [0, 0.05) is 21.9 Å². The third kappa shape index (κ3) is 4.24. The minimum Gasteiger partial charge on any atom is -0.322 e. The van der Waals surface area contributed by atoms with Crippen LogP contribution in [-0.2, 0) is 5.75 Å². The summed E-state index contributed by atoms with van der Waals surface area (Å²) in [4.78, 5) is 12.8. The zero-order chi connectivity index (χ0) is 16.8. The van der Waals surface area contributed by atoms with Crippen LogP contribution in [0.25, 0.3) is 0 Å². The number of halogens is 1. The molecule has 1 amide bonds. The molecule has 1 N–H and O–H groups in total. The number of anilines is 1. The Morgan fingerprint density at radius 3 is 2.25 bits per heavy atom. The van der Waals surface area contributed by atoms with Crippen molar-refractivity contribution in [1.29, 1.82) is 0 Å². The predicted octanol–water partition coefficient (Wildman–Crippen LogP) is 5.37. The van der Waals surface area contributed by atoms with Gasteiger partial charge in [0.1, 0.15) is 5.82 Å². The number of amides is 1. The fourth-order valence-electron chi connectivity index (χ4n) is 2.20. The SMILES string of the molecule is O=C(Nc1ccccc1)c1ccc(CSc2ccccc2F)cc1. The number of hydrogen-bond donors (Lipinski definition) is 1. The number of para-hydroxylation sites is 1. The maximum absolute atomic E-state index is 13.6. The van der Waals surface area contributed by atoms with Crippen LogP contribution in [-0.4, -0.2) is 5.91 Å². The molecule has 120 valence electrons. The van der Waals surface area contributed by atoms with Gasteiger partial charge in [0.05, 0.1) is 0 Å². The summed E-state index contributed by atoms with van der Waals surface area (Å²) in [6, 6.07) is 23.4. The fourth-order valence-corrected chi connectivity index (χ4v) is 3.10. The van der Waals surface area contributed by atoms with Gasteiger partial charge in [0.2, 0.25) is 0 Å². The van der Waals surface area contributed by atoms with Crippen molar-refractivity contribution in [3.8, 4) is 0 Å². The number of hydrogen-bond acceptors (Lipinski definition) is 2. The molecular weight excluding hydrogens is 321 g/mol. The number of nitrogens with one attached hydrogen (secondary N) is 1. The second kappa shape index (κ2) is 7.79. The van der Waals surface area contributed by atoms with Crippen LogP contribution in [0, 0.1) is 5.82 Å². The maximum Gasteiger partial charge on any atom is 0.255 e. The van der Waals surface area contributed by atoms with Crippen LogP contribution in [0.5, 0.6) is 0 Å². The molecule has 24 heavy (non-hydrogen) atoms. The Morgan fingerprint density at radius 2 is 1.54 bits per heavy atom. The number of carbonyl (C=O) groups excluding carboxylic acids is 1. The molecule has 0 aliphatic rings. The largest absolute Gasteiger partial charge is 0.322 e. The monoisotopic (exact) mass is 337 g/mol. The average molecular weight is 337 g/mol. The first-order valence-corrected chi connectivity index (χ1v) is 8.53. The van der Waals surface area contributed by atoms with Gasteiger partial charge >= 0.3 is 0 Å². The molecule has 0 aliphatic heterocycles. The Hall–Kier alpha value is -2.59. The van der Waals surface area contributed by atoms with Crippen molar-refractivity contribution in [3.05, 3.63) is 95.8 Å². The van der Waals surface area contributed by atoms with E-state index in [4.69, 9.17) is 0 Å². The molecule has 3 rings (SSSR count). The lowest BCUT2D eigenvalue weighted by Gasteiger charge is -2.07. The summed E-state index contributed by atoms with van der Waals surface area (Å²) in [6.45, 7) is 0. The smallest absolute Gasteiger partial charge is 0.255 e. The lowest BCUT2D eigenvalue weighted by Crippen LogP contribution is -2.11. The zero-order valence-electron chi connectivity index (χ0n) is 12.9. The molecule has 0 fully saturated rings. The Bertz CT molecular complexity index is 819. The van der Waals surface area contributed by atoms with Gasteiger partial charge in [-0.15, -0.1) is 11.8 Å². The highest BCUT2D eigenvalue weighted by atomic mass is 32.2. The Balaban J connectivity index is 1.61. The number of carbonyl (C=O) groups is 1. The molecular formula is C20H16FNOS. The normalized spacial score (nSPS) is 10.4. The van der Waals surface area contributed by atoms with Gasteiger partial charge in [-0.1, -0.05) is 42.5 Å². The van der Waals surface area contributed by atoms with Gasteiger partial charge in [-0.2, -0.15) is 0 Å². The van der Waals surface area contributed by atoms with Crippen LogP contribution < -0.4 is 5.32 Å². The number of rotatable bonds is 5. The van der Waals surface area contributed by atoms with Crippen LogP contribution in [0.15, 0.2) is 83.8 Å². The minimum absolute atomic E-state index is 0.144. The van der Waals surface area contributed by atoms with E-state index >= 15 is 0 Å². The molecule has 0 atom stereocenters. The molecule has 0 aliphatic carbocycles. The molecule has 2 nitrogen and oxygen atoms in total. The Labute approximate surface area is 144 Å². The third-order valence-corrected chi connectivity index (χ3v) is 4.60. The molecule has 4 heteroatoms. The van der Waals surface area contributed by atoms with Crippen LogP contribution in [0.2, 0.25) is 0 Å². The van der Waals surface area contributed by atoms with Gasteiger partial charge in [-0.25, -0.2) is 4.39 Å². The summed E-state index contributed by atoms with van der Waals surface area (Å²) < 4.78 is 13.6. The molecule has 0 aromatic heterocycles. The first-order valence-electron chi connectivity index (χ1n) is 7.55. The van der Waals surface area contributed by atoms with E-state index < -0.39 is 0 Å².